The minimum Gasteiger partial charge on any atom is -0.389 e. The lowest BCUT2D eigenvalue weighted by Crippen LogP contribution is -2.38. The van der Waals surface area contributed by atoms with E-state index >= 15 is 0 Å². The van der Waals surface area contributed by atoms with Gasteiger partial charge in [0.15, 0.2) is 0 Å². The highest BCUT2D eigenvalue weighted by atomic mass is 127. The summed E-state index contributed by atoms with van der Waals surface area (Å²) in [5.41, 5.74) is -0.273. The lowest BCUT2D eigenvalue weighted by Gasteiger charge is -2.29. The number of nitro benzene ring substituents is 1. The predicted molar refractivity (Wildman–Crippen MR) is 80.0 cm³/mol. The fraction of sp³-hybridized carbons (Fsp3) is 0.500. The zero-order chi connectivity index (χ0) is 13.9. The lowest BCUT2D eigenvalue weighted by atomic mass is 10.1. The Labute approximate surface area is 120 Å². The molecule has 0 unspecified atom stereocenters. The Hall–Kier alpha value is -0.890. The van der Waals surface area contributed by atoms with E-state index < -0.39 is 5.60 Å². The Balaban J connectivity index is 3.17. The zero-order valence-electron chi connectivity index (χ0n) is 10.7. The van der Waals surface area contributed by atoms with Gasteiger partial charge >= 0.3 is 0 Å². The van der Waals surface area contributed by atoms with E-state index in [1.54, 1.807) is 26.0 Å². The van der Waals surface area contributed by atoms with Gasteiger partial charge in [-0.3, -0.25) is 10.1 Å². The molecule has 0 saturated heterocycles. The Bertz CT molecular complexity index is 443. The van der Waals surface area contributed by atoms with Gasteiger partial charge in [0.1, 0.15) is 5.69 Å². The number of nitro groups is 1. The van der Waals surface area contributed by atoms with Crippen molar-refractivity contribution in [1.29, 1.82) is 0 Å². The van der Waals surface area contributed by atoms with Crippen molar-refractivity contribution in [3.05, 3.63) is 31.9 Å². The molecule has 100 valence electrons. The number of anilines is 1. The maximum Gasteiger partial charge on any atom is 0.293 e. The molecule has 0 aromatic heterocycles. The highest BCUT2D eigenvalue weighted by Crippen LogP contribution is 2.30. The minimum atomic E-state index is -0.896. The van der Waals surface area contributed by atoms with Crippen molar-refractivity contribution in [3.8, 4) is 0 Å². The van der Waals surface area contributed by atoms with E-state index in [9.17, 15) is 15.2 Å². The quantitative estimate of drug-likeness (QED) is 0.496. The molecule has 0 bridgehead atoms. The third kappa shape index (κ3) is 4.09. The smallest absolute Gasteiger partial charge is 0.293 e. The van der Waals surface area contributed by atoms with Crippen LogP contribution in [0.5, 0.6) is 0 Å². The molecule has 1 N–H and O–H groups in total. The molecule has 5 nitrogen and oxygen atoms in total. The summed E-state index contributed by atoms with van der Waals surface area (Å²) < 4.78 is 0.822. The lowest BCUT2D eigenvalue weighted by molar-refractivity contribution is -0.384. The van der Waals surface area contributed by atoms with Gasteiger partial charge in [-0.05, 0) is 55.5 Å². The van der Waals surface area contributed by atoms with Gasteiger partial charge in [-0.2, -0.15) is 0 Å². The van der Waals surface area contributed by atoms with Crippen LogP contribution in [0.4, 0.5) is 11.4 Å². The largest absolute Gasteiger partial charge is 0.389 e. The molecule has 0 aliphatic heterocycles. The van der Waals surface area contributed by atoms with Gasteiger partial charge in [0.25, 0.3) is 5.69 Å². The number of hydrogen-bond donors (Lipinski definition) is 1. The average molecular weight is 364 g/mol. The van der Waals surface area contributed by atoms with E-state index in [0.717, 1.165) is 3.57 Å². The van der Waals surface area contributed by atoms with Gasteiger partial charge in [0, 0.05) is 22.7 Å². The highest BCUT2D eigenvalue weighted by Gasteiger charge is 2.23. The Morgan fingerprint density at radius 3 is 2.56 bits per heavy atom. The second-order valence-corrected chi connectivity index (χ2v) is 5.96. The van der Waals surface area contributed by atoms with Gasteiger partial charge in [-0.25, -0.2) is 0 Å². The molecular formula is C12H17IN2O3. The van der Waals surface area contributed by atoms with Crippen LogP contribution in [-0.4, -0.2) is 28.7 Å². The molecule has 6 heteroatoms. The molecule has 18 heavy (non-hydrogen) atoms. The van der Waals surface area contributed by atoms with Gasteiger partial charge in [-0.15, -0.1) is 0 Å². The van der Waals surface area contributed by atoms with E-state index in [2.05, 4.69) is 0 Å². The molecule has 0 radical (unpaired) electrons. The Morgan fingerprint density at radius 2 is 2.11 bits per heavy atom. The third-order valence-electron chi connectivity index (χ3n) is 2.43. The first-order valence-corrected chi connectivity index (χ1v) is 6.73. The summed E-state index contributed by atoms with van der Waals surface area (Å²) in [5, 5.41) is 20.9. The van der Waals surface area contributed by atoms with Crippen LogP contribution in [0.1, 0.15) is 20.8 Å². The summed E-state index contributed by atoms with van der Waals surface area (Å²) in [5.74, 6) is 0. The van der Waals surface area contributed by atoms with Crippen molar-refractivity contribution < 1.29 is 10.0 Å². The molecular weight excluding hydrogens is 347 g/mol. The summed E-state index contributed by atoms with van der Waals surface area (Å²) in [4.78, 5) is 12.5. The van der Waals surface area contributed by atoms with E-state index in [1.165, 1.54) is 0 Å². The van der Waals surface area contributed by atoms with Crippen molar-refractivity contribution in [2.24, 2.45) is 0 Å². The number of likely N-dealkylation sites (N-methyl/N-ethyl adjacent to an activating group) is 1. The van der Waals surface area contributed by atoms with Gasteiger partial charge in [-0.1, -0.05) is 0 Å². The molecule has 1 aromatic carbocycles. The zero-order valence-corrected chi connectivity index (χ0v) is 12.8. The van der Waals surface area contributed by atoms with Gasteiger partial charge in [0.05, 0.1) is 10.5 Å². The topological polar surface area (TPSA) is 66.6 Å². The first kappa shape index (κ1) is 15.2. The standard InChI is InChI=1S/C12H17IN2O3/c1-4-14(8-12(2,3)16)10-6-5-9(13)7-11(10)15(17)18/h5-7,16H,4,8H2,1-3H3. The normalized spacial score (nSPS) is 11.4. The number of nitrogens with zero attached hydrogens (tertiary/aromatic N) is 2. The fourth-order valence-corrected chi connectivity index (χ4v) is 2.22. The van der Waals surface area contributed by atoms with Gasteiger partial charge in [0.2, 0.25) is 0 Å². The van der Waals surface area contributed by atoms with Crippen molar-refractivity contribution in [2.45, 2.75) is 26.4 Å². The maximum absolute atomic E-state index is 11.1. The van der Waals surface area contributed by atoms with E-state index in [0.29, 0.717) is 18.8 Å². The summed E-state index contributed by atoms with van der Waals surface area (Å²) in [7, 11) is 0. The molecule has 1 aromatic rings. The molecule has 0 fully saturated rings. The fourth-order valence-electron chi connectivity index (χ4n) is 1.74. The van der Waals surface area contributed by atoms with Gasteiger partial charge < -0.3 is 10.0 Å². The van der Waals surface area contributed by atoms with Crippen LogP contribution in [0.25, 0.3) is 0 Å². The molecule has 0 heterocycles. The Kier molecular flexibility index (Phi) is 4.92. The number of rotatable bonds is 5. The molecule has 0 spiro atoms. The van der Waals surface area contributed by atoms with Crippen LogP contribution in [0.15, 0.2) is 18.2 Å². The number of aliphatic hydroxyl groups is 1. The second-order valence-electron chi connectivity index (χ2n) is 4.72. The van der Waals surface area contributed by atoms with Crippen molar-refractivity contribution in [2.75, 3.05) is 18.0 Å². The molecule has 0 amide bonds. The average Bonchev–Trinajstić information content (AvgIpc) is 2.24. The summed E-state index contributed by atoms with van der Waals surface area (Å²) >= 11 is 2.05. The van der Waals surface area contributed by atoms with Crippen LogP contribution in [0.2, 0.25) is 0 Å². The van der Waals surface area contributed by atoms with Crippen LogP contribution < -0.4 is 4.90 Å². The van der Waals surface area contributed by atoms with E-state index in [1.807, 2.05) is 40.5 Å². The van der Waals surface area contributed by atoms with Crippen LogP contribution in [-0.2, 0) is 0 Å². The maximum atomic E-state index is 11.1. The van der Waals surface area contributed by atoms with E-state index in [4.69, 9.17) is 0 Å². The third-order valence-corrected chi connectivity index (χ3v) is 3.11. The monoisotopic (exact) mass is 364 g/mol. The van der Waals surface area contributed by atoms with Crippen LogP contribution in [0.3, 0.4) is 0 Å². The highest BCUT2D eigenvalue weighted by molar-refractivity contribution is 14.1. The van der Waals surface area contributed by atoms with Crippen molar-refractivity contribution in [1.82, 2.24) is 0 Å². The summed E-state index contributed by atoms with van der Waals surface area (Å²) in [6.45, 7) is 6.24. The molecule has 0 atom stereocenters. The first-order valence-electron chi connectivity index (χ1n) is 5.66. The molecule has 0 aliphatic rings. The van der Waals surface area contributed by atoms with Crippen molar-refractivity contribution in [3.63, 3.8) is 0 Å². The number of halogens is 1. The van der Waals surface area contributed by atoms with Crippen molar-refractivity contribution >= 4 is 34.0 Å². The second kappa shape index (κ2) is 5.83. The molecule has 0 saturated carbocycles. The SMILES string of the molecule is CCN(CC(C)(C)O)c1ccc(I)cc1[N+](=O)[O-]. The minimum absolute atomic E-state index is 0.0769. The number of hydrogen-bond acceptors (Lipinski definition) is 4. The molecule has 0 aliphatic carbocycles. The first-order chi connectivity index (χ1) is 8.24. The summed E-state index contributed by atoms with van der Waals surface area (Å²) in [6.07, 6.45) is 0. The number of benzene rings is 1. The Morgan fingerprint density at radius 1 is 1.50 bits per heavy atom. The van der Waals surface area contributed by atoms with Crippen LogP contribution in [0, 0.1) is 13.7 Å². The van der Waals surface area contributed by atoms with E-state index in [-0.39, 0.29) is 10.6 Å². The van der Waals surface area contributed by atoms with Crippen LogP contribution >= 0.6 is 22.6 Å². The predicted octanol–water partition coefficient (Wildman–Crippen LogP) is 2.80. The molecule has 1 rings (SSSR count). The summed E-state index contributed by atoms with van der Waals surface area (Å²) in [6, 6.07) is 5.11.